The molecule has 140 valence electrons. The smallest absolute Gasteiger partial charge is 0.246 e. The molecule has 6 nitrogen and oxygen atoms in total. The topological polar surface area (TPSA) is 72.2 Å². The number of hydrogen-bond acceptors (Lipinski definition) is 5. The van der Waals surface area contributed by atoms with Gasteiger partial charge in [0, 0.05) is 11.1 Å². The Morgan fingerprint density at radius 3 is 2.81 bits per heavy atom. The summed E-state index contributed by atoms with van der Waals surface area (Å²) < 4.78 is 1.70. The predicted molar refractivity (Wildman–Crippen MR) is 109 cm³/mol. The molecule has 0 radical (unpaired) electrons. The van der Waals surface area contributed by atoms with E-state index in [1.807, 2.05) is 51.3 Å². The van der Waals surface area contributed by atoms with E-state index in [-0.39, 0.29) is 12.3 Å². The van der Waals surface area contributed by atoms with Crippen LogP contribution in [0.25, 0.3) is 5.69 Å². The number of hydrazone groups is 1. The van der Waals surface area contributed by atoms with E-state index in [0.29, 0.717) is 10.7 Å². The molecule has 0 unspecified atom stereocenters. The Hall–Kier alpha value is -2.51. The Kier molecular flexibility index (Phi) is 5.72. The molecule has 0 atom stereocenters. The van der Waals surface area contributed by atoms with Crippen molar-refractivity contribution < 1.29 is 4.79 Å². The normalized spacial score (nSPS) is 11.3. The van der Waals surface area contributed by atoms with E-state index in [0.717, 1.165) is 33.2 Å². The van der Waals surface area contributed by atoms with Crippen molar-refractivity contribution in [2.45, 2.75) is 34.1 Å². The van der Waals surface area contributed by atoms with Gasteiger partial charge in [0.1, 0.15) is 10.2 Å². The van der Waals surface area contributed by atoms with Gasteiger partial charge in [0.25, 0.3) is 0 Å². The fourth-order valence-electron chi connectivity index (χ4n) is 2.59. The minimum atomic E-state index is -0.226. The zero-order chi connectivity index (χ0) is 19.6. The van der Waals surface area contributed by atoms with Crippen molar-refractivity contribution in [3.63, 3.8) is 0 Å². The van der Waals surface area contributed by atoms with Crippen molar-refractivity contribution in [3.8, 4) is 5.69 Å². The van der Waals surface area contributed by atoms with Gasteiger partial charge < -0.3 is 0 Å². The number of thiazole rings is 1. The Morgan fingerprint density at radius 2 is 2.11 bits per heavy atom. The highest BCUT2D eigenvalue weighted by molar-refractivity contribution is 7.09. The van der Waals surface area contributed by atoms with Crippen molar-refractivity contribution in [1.82, 2.24) is 20.2 Å². The molecular formula is C19H20ClN5OS. The molecule has 1 N–H and O–H groups in total. The minimum Gasteiger partial charge on any atom is -0.273 e. The number of hydrogen-bond donors (Lipinski definition) is 1. The standard InChI is InChI=1S/C19H20ClN5OS/c1-11-5-6-12(2)16(7-11)25-19(20)15(14(4)24-25)9-21-23-17(26)8-18-22-13(3)10-27-18/h5-7,9-10H,8H2,1-4H3,(H,23,26)/b21-9-. The highest BCUT2D eigenvalue weighted by Gasteiger charge is 2.15. The maximum absolute atomic E-state index is 12.0. The van der Waals surface area contributed by atoms with E-state index < -0.39 is 0 Å². The van der Waals surface area contributed by atoms with Crippen LogP contribution in [0.4, 0.5) is 0 Å². The molecule has 0 aliphatic heterocycles. The van der Waals surface area contributed by atoms with E-state index in [1.54, 1.807) is 4.68 Å². The molecule has 2 heterocycles. The third-order valence-electron chi connectivity index (χ3n) is 4.00. The van der Waals surface area contributed by atoms with Crippen LogP contribution >= 0.6 is 22.9 Å². The van der Waals surface area contributed by atoms with Gasteiger partial charge in [-0.05, 0) is 44.9 Å². The number of amides is 1. The van der Waals surface area contributed by atoms with Crippen LogP contribution in [-0.4, -0.2) is 26.9 Å². The molecule has 8 heteroatoms. The van der Waals surface area contributed by atoms with Crippen LogP contribution in [0, 0.1) is 27.7 Å². The van der Waals surface area contributed by atoms with Gasteiger partial charge in [0.2, 0.25) is 5.91 Å². The molecule has 0 fully saturated rings. The first-order valence-electron chi connectivity index (χ1n) is 8.41. The summed E-state index contributed by atoms with van der Waals surface area (Å²) in [6.45, 7) is 7.79. The average molecular weight is 402 g/mol. The third kappa shape index (κ3) is 4.43. The molecule has 1 aromatic carbocycles. The zero-order valence-corrected chi connectivity index (χ0v) is 17.1. The van der Waals surface area contributed by atoms with Crippen molar-refractivity contribution in [2.75, 3.05) is 0 Å². The largest absolute Gasteiger partial charge is 0.273 e. The summed E-state index contributed by atoms with van der Waals surface area (Å²) in [6, 6.07) is 6.11. The lowest BCUT2D eigenvalue weighted by Gasteiger charge is -2.08. The van der Waals surface area contributed by atoms with E-state index in [4.69, 9.17) is 11.6 Å². The summed E-state index contributed by atoms with van der Waals surface area (Å²) in [5, 5.41) is 11.7. The molecule has 27 heavy (non-hydrogen) atoms. The van der Waals surface area contributed by atoms with Crippen molar-refractivity contribution in [2.24, 2.45) is 5.10 Å². The number of nitrogens with one attached hydrogen (secondary N) is 1. The number of halogens is 1. The summed E-state index contributed by atoms with van der Waals surface area (Å²) in [6.07, 6.45) is 1.72. The number of benzene rings is 1. The van der Waals surface area contributed by atoms with Gasteiger partial charge in [0.05, 0.1) is 29.6 Å². The number of aryl methyl sites for hydroxylation is 4. The second kappa shape index (κ2) is 8.02. The summed E-state index contributed by atoms with van der Waals surface area (Å²) in [5.41, 5.74) is 7.94. The summed E-state index contributed by atoms with van der Waals surface area (Å²) in [4.78, 5) is 16.2. The first-order chi connectivity index (χ1) is 12.8. The van der Waals surface area contributed by atoms with Crippen LogP contribution in [0.5, 0.6) is 0 Å². The molecule has 2 aromatic heterocycles. The Balaban J connectivity index is 1.75. The Morgan fingerprint density at radius 1 is 1.33 bits per heavy atom. The van der Waals surface area contributed by atoms with Crippen LogP contribution in [0.3, 0.4) is 0 Å². The molecule has 1 amide bonds. The summed E-state index contributed by atoms with van der Waals surface area (Å²) in [5.74, 6) is -0.226. The number of aromatic nitrogens is 3. The fraction of sp³-hybridized carbons (Fsp3) is 0.263. The van der Waals surface area contributed by atoms with Gasteiger partial charge in [-0.2, -0.15) is 10.2 Å². The number of nitrogens with zero attached hydrogens (tertiary/aromatic N) is 4. The molecule has 3 aromatic rings. The SMILES string of the molecule is Cc1ccc(C)c(-n2nc(C)c(/C=N\NC(=O)Cc3nc(C)cs3)c2Cl)c1. The van der Waals surface area contributed by atoms with E-state index in [9.17, 15) is 4.79 Å². The first kappa shape index (κ1) is 19.3. The van der Waals surface area contributed by atoms with Gasteiger partial charge >= 0.3 is 0 Å². The van der Waals surface area contributed by atoms with Gasteiger partial charge in [-0.1, -0.05) is 23.7 Å². The van der Waals surface area contributed by atoms with Crippen LogP contribution in [0.15, 0.2) is 28.7 Å². The molecule has 0 aliphatic carbocycles. The van der Waals surface area contributed by atoms with Gasteiger partial charge in [-0.15, -0.1) is 11.3 Å². The van der Waals surface area contributed by atoms with Crippen LogP contribution in [-0.2, 0) is 11.2 Å². The minimum absolute atomic E-state index is 0.199. The summed E-state index contributed by atoms with van der Waals surface area (Å²) >= 11 is 7.98. The lowest BCUT2D eigenvalue weighted by Crippen LogP contribution is -2.19. The van der Waals surface area contributed by atoms with Gasteiger partial charge in [-0.25, -0.2) is 15.1 Å². The van der Waals surface area contributed by atoms with E-state index >= 15 is 0 Å². The number of rotatable bonds is 5. The number of carbonyl (C=O) groups excluding carboxylic acids is 1. The molecule has 0 spiro atoms. The van der Waals surface area contributed by atoms with Crippen molar-refractivity contribution in [1.29, 1.82) is 0 Å². The molecular weight excluding hydrogens is 382 g/mol. The number of carbonyl (C=O) groups is 1. The second-order valence-electron chi connectivity index (χ2n) is 6.34. The monoisotopic (exact) mass is 401 g/mol. The average Bonchev–Trinajstić information content (AvgIpc) is 3.14. The quantitative estimate of drug-likeness (QED) is 0.520. The third-order valence-corrected chi connectivity index (χ3v) is 5.33. The summed E-state index contributed by atoms with van der Waals surface area (Å²) in [7, 11) is 0. The van der Waals surface area contributed by atoms with E-state index in [2.05, 4.69) is 20.6 Å². The molecule has 0 saturated heterocycles. The predicted octanol–water partition coefficient (Wildman–Crippen LogP) is 3.91. The van der Waals surface area contributed by atoms with Crippen molar-refractivity contribution in [3.05, 3.63) is 61.8 Å². The molecule has 0 bridgehead atoms. The second-order valence-corrected chi connectivity index (χ2v) is 7.64. The maximum atomic E-state index is 12.0. The van der Waals surface area contributed by atoms with Gasteiger partial charge in [-0.3, -0.25) is 4.79 Å². The fourth-order valence-corrected chi connectivity index (χ4v) is 3.68. The molecule has 0 aliphatic rings. The van der Waals surface area contributed by atoms with Crippen LogP contribution in [0.2, 0.25) is 5.15 Å². The van der Waals surface area contributed by atoms with Crippen molar-refractivity contribution >= 4 is 35.1 Å². The van der Waals surface area contributed by atoms with Crippen LogP contribution in [0.1, 0.15) is 33.1 Å². The lowest BCUT2D eigenvalue weighted by molar-refractivity contribution is -0.120. The maximum Gasteiger partial charge on any atom is 0.246 e. The van der Waals surface area contributed by atoms with Crippen LogP contribution < -0.4 is 5.43 Å². The van der Waals surface area contributed by atoms with E-state index in [1.165, 1.54) is 17.6 Å². The first-order valence-corrected chi connectivity index (χ1v) is 9.66. The highest BCUT2D eigenvalue weighted by atomic mass is 35.5. The molecule has 0 saturated carbocycles. The van der Waals surface area contributed by atoms with Gasteiger partial charge in [0.15, 0.2) is 0 Å². The Bertz CT molecular complexity index is 1020. The zero-order valence-electron chi connectivity index (χ0n) is 15.6. The highest BCUT2D eigenvalue weighted by Crippen LogP contribution is 2.24. The Labute approximate surface area is 166 Å². The molecule has 3 rings (SSSR count). The lowest BCUT2D eigenvalue weighted by atomic mass is 10.1.